The van der Waals surface area contributed by atoms with E-state index in [0.29, 0.717) is 18.6 Å². The molecule has 2 nitrogen and oxygen atoms in total. The van der Waals surface area contributed by atoms with Crippen LogP contribution in [0, 0.1) is 0 Å². The Morgan fingerprint density at radius 2 is 1.76 bits per heavy atom. The number of ether oxygens (including phenoxy) is 1. The molecule has 0 spiro atoms. The molecular weight excluding hydrogens is 210 g/mol. The van der Waals surface area contributed by atoms with Crippen molar-refractivity contribution in [2.75, 3.05) is 13.1 Å². The first-order valence-electron chi connectivity index (χ1n) is 6.54. The molecule has 0 radical (unpaired) electrons. The molecule has 1 aromatic rings. The first kappa shape index (κ1) is 14.2. The topological polar surface area (TPSA) is 21.3 Å². The molecule has 0 amide bonds. The number of hydrogen-bond acceptors (Lipinski definition) is 2. The standard InChI is InChI=1S/C15H25NO/c1-5-16-10-13(4)15-8-6-14(7-9-15)11-17-12(2)3/h6-9,12-13,16H,5,10-11H2,1-4H3. The van der Waals surface area contributed by atoms with Crippen LogP contribution in [0.2, 0.25) is 0 Å². The summed E-state index contributed by atoms with van der Waals surface area (Å²) in [6, 6.07) is 8.75. The van der Waals surface area contributed by atoms with Gasteiger partial charge in [0.15, 0.2) is 0 Å². The Labute approximate surface area is 105 Å². The van der Waals surface area contributed by atoms with Crippen molar-refractivity contribution in [3.8, 4) is 0 Å². The second-order valence-corrected chi connectivity index (χ2v) is 4.81. The Kier molecular flexibility index (Phi) is 6.23. The van der Waals surface area contributed by atoms with E-state index >= 15 is 0 Å². The first-order valence-corrected chi connectivity index (χ1v) is 6.54. The third kappa shape index (κ3) is 5.33. The van der Waals surface area contributed by atoms with Gasteiger partial charge in [0, 0.05) is 6.54 Å². The average molecular weight is 235 g/mol. The molecule has 0 bridgehead atoms. The zero-order chi connectivity index (χ0) is 12.7. The van der Waals surface area contributed by atoms with Crippen LogP contribution in [0.5, 0.6) is 0 Å². The van der Waals surface area contributed by atoms with Crippen LogP contribution in [-0.2, 0) is 11.3 Å². The highest BCUT2D eigenvalue weighted by Gasteiger charge is 2.04. The van der Waals surface area contributed by atoms with Gasteiger partial charge in [-0.2, -0.15) is 0 Å². The van der Waals surface area contributed by atoms with Crippen LogP contribution in [0.4, 0.5) is 0 Å². The maximum Gasteiger partial charge on any atom is 0.0720 e. The van der Waals surface area contributed by atoms with Crippen molar-refractivity contribution < 1.29 is 4.74 Å². The molecular formula is C15H25NO. The van der Waals surface area contributed by atoms with Gasteiger partial charge in [0.05, 0.1) is 12.7 Å². The molecule has 1 aromatic carbocycles. The number of hydrogen-bond donors (Lipinski definition) is 1. The van der Waals surface area contributed by atoms with E-state index in [1.54, 1.807) is 0 Å². The largest absolute Gasteiger partial charge is 0.374 e. The fourth-order valence-corrected chi connectivity index (χ4v) is 1.68. The van der Waals surface area contributed by atoms with Gasteiger partial charge < -0.3 is 10.1 Å². The van der Waals surface area contributed by atoms with E-state index in [2.05, 4.69) is 57.3 Å². The van der Waals surface area contributed by atoms with E-state index in [0.717, 1.165) is 13.1 Å². The van der Waals surface area contributed by atoms with Gasteiger partial charge in [-0.15, -0.1) is 0 Å². The lowest BCUT2D eigenvalue weighted by Gasteiger charge is -2.13. The summed E-state index contributed by atoms with van der Waals surface area (Å²) in [6.07, 6.45) is 0.294. The first-order chi connectivity index (χ1) is 8.13. The molecule has 1 rings (SSSR count). The lowest BCUT2D eigenvalue weighted by Crippen LogP contribution is -2.19. The zero-order valence-corrected chi connectivity index (χ0v) is 11.5. The summed E-state index contributed by atoms with van der Waals surface area (Å²) in [7, 11) is 0. The molecule has 2 heteroatoms. The molecule has 0 fully saturated rings. The zero-order valence-electron chi connectivity index (χ0n) is 11.5. The molecule has 1 N–H and O–H groups in total. The number of rotatable bonds is 7. The minimum Gasteiger partial charge on any atom is -0.374 e. The summed E-state index contributed by atoms with van der Waals surface area (Å²) in [5.41, 5.74) is 2.64. The molecule has 96 valence electrons. The van der Waals surface area contributed by atoms with Crippen LogP contribution >= 0.6 is 0 Å². The molecule has 0 aliphatic carbocycles. The fourth-order valence-electron chi connectivity index (χ4n) is 1.68. The SMILES string of the molecule is CCNCC(C)c1ccc(COC(C)C)cc1. The van der Waals surface area contributed by atoms with Crippen molar-refractivity contribution in [2.45, 2.75) is 46.3 Å². The highest BCUT2D eigenvalue weighted by molar-refractivity contribution is 5.24. The number of likely N-dealkylation sites (N-methyl/N-ethyl adjacent to an activating group) is 1. The van der Waals surface area contributed by atoms with Gasteiger partial charge in [0.2, 0.25) is 0 Å². The normalized spacial score (nSPS) is 13.0. The highest BCUT2D eigenvalue weighted by atomic mass is 16.5. The predicted octanol–water partition coefficient (Wildman–Crippen LogP) is 3.32. The summed E-state index contributed by atoms with van der Waals surface area (Å²) in [5.74, 6) is 0.565. The quantitative estimate of drug-likeness (QED) is 0.782. The molecule has 0 aromatic heterocycles. The van der Waals surface area contributed by atoms with Crippen molar-refractivity contribution in [3.05, 3.63) is 35.4 Å². The maximum absolute atomic E-state index is 5.58. The predicted molar refractivity (Wildman–Crippen MR) is 73.3 cm³/mol. The van der Waals surface area contributed by atoms with Crippen LogP contribution in [0.3, 0.4) is 0 Å². The highest BCUT2D eigenvalue weighted by Crippen LogP contribution is 2.15. The smallest absolute Gasteiger partial charge is 0.0720 e. The van der Waals surface area contributed by atoms with Gasteiger partial charge in [0.1, 0.15) is 0 Å². The fraction of sp³-hybridized carbons (Fsp3) is 0.600. The molecule has 17 heavy (non-hydrogen) atoms. The summed E-state index contributed by atoms with van der Waals surface area (Å²) in [4.78, 5) is 0. The van der Waals surface area contributed by atoms with Crippen molar-refractivity contribution in [2.24, 2.45) is 0 Å². The minimum atomic E-state index is 0.294. The van der Waals surface area contributed by atoms with Crippen LogP contribution in [0.15, 0.2) is 24.3 Å². The number of benzene rings is 1. The molecule has 0 aliphatic rings. The van der Waals surface area contributed by atoms with E-state index in [1.165, 1.54) is 11.1 Å². The molecule has 0 aliphatic heterocycles. The molecule has 0 saturated carbocycles. The van der Waals surface area contributed by atoms with E-state index in [9.17, 15) is 0 Å². The van der Waals surface area contributed by atoms with Gasteiger partial charge in [-0.1, -0.05) is 38.1 Å². The molecule has 0 heterocycles. The van der Waals surface area contributed by atoms with Gasteiger partial charge in [-0.3, -0.25) is 0 Å². The molecule has 1 atom stereocenters. The van der Waals surface area contributed by atoms with Crippen molar-refractivity contribution in [1.82, 2.24) is 5.32 Å². The van der Waals surface area contributed by atoms with Crippen molar-refractivity contribution >= 4 is 0 Å². The van der Waals surface area contributed by atoms with Crippen molar-refractivity contribution in [3.63, 3.8) is 0 Å². The van der Waals surface area contributed by atoms with Crippen LogP contribution in [0.1, 0.15) is 44.7 Å². The molecule has 0 saturated heterocycles. The lowest BCUT2D eigenvalue weighted by molar-refractivity contribution is 0.0657. The summed E-state index contributed by atoms with van der Waals surface area (Å²) < 4.78 is 5.58. The second-order valence-electron chi connectivity index (χ2n) is 4.81. The summed E-state index contributed by atoms with van der Waals surface area (Å²) in [6.45, 7) is 11.3. The van der Waals surface area contributed by atoms with E-state index in [1.807, 2.05) is 0 Å². The van der Waals surface area contributed by atoms with E-state index < -0.39 is 0 Å². The molecule has 1 unspecified atom stereocenters. The Morgan fingerprint density at radius 3 is 2.29 bits per heavy atom. The maximum atomic E-state index is 5.58. The lowest BCUT2D eigenvalue weighted by atomic mass is 10.00. The minimum absolute atomic E-state index is 0.294. The van der Waals surface area contributed by atoms with E-state index in [-0.39, 0.29) is 0 Å². The Bertz CT molecular complexity index is 305. The van der Waals surface area contributed by atoms with Crippen LogP contribution < -0.4 is 5.32 Å². The summed E-state index contributed by atoms with van der Waals surface area (Å²) >= 11 is 0. The van der Waals surface area contributed by atoms with Crippen molar-refractivity contribution in [1.29, 1.82) is 0 Å². The summed E-state index contributed by atoms with van der Waals surface area (Å²) in [5, 5.41) is 3.38. The van der Waals surface area contributed by atoms with Gasteiger partial charge >= 0.3 is 0 Å². The third-order valence-electron chi connectivity index (χ3n) is 2.83. The van der Waals surface area contributed by atoms with Gasteiger partial charge in [-0.25, -0.2) is 0 Å². The Balaban J connectivity index is 2.49. The Morgan fingerprint density at radius 1 is 1.12 bits per heavy atom. The van der Waals surface area contributed by atoms with E-state index in [4.69, 9.17) is 4.74 Å². The monoisotopic (exact) mass is 235 g/mol. The third-order valence-corrected chi connectivity index (χ3v) is 2.83. The average Bonchev–Trinajstić information content (AvgIpc) is 2.34. The van der Waals surface area contributed by atoms with Gasteiger partial charge in [0.25, 0.3) is 0 Å². The number of nitrogens with one attached hydrogen (secondary N) is 1. The second kappa shape index (κ2) is 7.46. The van der Waals surface area contributed by atoms with Crippen LogP contribution in [-0.4, -0.2) is 19.2 Å². The van der Waals surface area contributed by atoms with Crippen LogP contribution in [0.25, 0.3) is 0 Å². The van der Waals surface area contributed by atoms with Gasteiger partial charge in [-0.05, 0) is 37.4 Å². The Hall–Kier alpha value is -0.860.